The van der Waals surface area contributed by atoms with E-state index >= 15 is 0 Å². The minimum absolute atomic E-state index is 0.00173. The highest BCUT2D eigenvalue weighted by Crippen LogP contribution is 2.13. The third-order valence-electron chi connectivity index (χ3n) is 15.3. The van der Waals surface area contributed by atoms with Gasteiger partial charge in [-0.3, -0.25) is 4.90 Å². The largest absolute Gasteiger partial charge is 0.396 e. The summed E-state index contributed by atoms with van der Waals surface area (Å²) in [5.74, 6) is -0.344. The Hall–Kier alpha value is -1.04. The summed E-state index contributed by atoms with van der Waals surface area (Å²) in [7, 11) is 22.2. The van der Waals surface area contributed by atoms with E-state index in [9.17, 15) is 30.6 Å². The van der Waals surface area contributed by atoms with Crippen molar-refractivity contribution < 1.29 is 92.0 Å². The first kappa shape index (κ1) is 89.0. The van der Waals surface area contributed by atoms with Gasteiger partial charge in [-0.2, -0.15) is 0 Å². The van der Waals surface area contributed by atoms with E-state index in [1.165, 1.54) is 0 Å². The lowest BCUT2D eigenvalue weighted by Crippen LogP contribution is -2.54. The van der Waals surface area contributed by atoms with E-state index in [1.54, 1.807) is 14.2 Å². The summed E-state index contributed by atoms with van der Waals surface area (Å²) < 4.78 is 74.0. The molecule has 0 bridgehead atoms. The van der Waals surface area contributed by atoms with Crippen molar-refractivity contribution in [3.8, 4) is 0 Å². The summed E-state index contributed by atoms with van der Waals surface area (Å²) in [6.07, 6.45) is -2.87. The fourth-order valence-electron chi connectivity index (χ4n) is 8.77. The van der Waals surface area contributed by atoms with E-state index in [0.717, 1.165) is 76.5 Å². The van der Waals surface area contributed by atoms with E-state index in [-0.39, 0.29) is 116 Å². The zero-order valence-electron chi connectivity index (χ0n) is 59.4. The van der Waals surface area contributed by atoms with Crippen molar-refractivity contribution in [3.63, 3.8) is 0 Å². The number of rotatable bonds is 68. The molecule has 0 aliphatic heterocycles. The van der Waals surface area contributed by atoms with Crippen molar-refractivity contribution in [2.45, 2.75) is 108 Å². The van der Waals surface area contributed by atoms with Gasteiger partial charge in [0.1, 0.15) is 18.3 Å². The molecule has 0 amide bonds. The number of hydrogen-bond donors (Lipinski definition) is 8. The fraction of sp³-hybridized carbons (Fsp3) is 1.00. The topological polar surface area (TPSA) is 272 Å². The zero-order valence-corrected chi connectivity index (χ0v) is 59.4. The predicted octanol–water partition coefficient (Wildman–Crippen LogP) is -0.621. The summed E-state index contributed by atoms with van der Waals surface area (Å²) in [6.45, 7) is 22.3. The quantitative estimate of drug-likeness (QED) is 0.0279. The SMILES string of the molecule is CCC(O)COCC(C)COC(COCC(COCC(CO)COC)OCC(COCC(COCC(C)CO)OCC(O)CNCCN(CCN(C)C)CCN(C)C)OCCC(CO)OCCC(C)OC)CC(O)CNCC[N+](C)(CCN(C)C)CCN(C)C. The van der Waals surface area contributed by atoms with Gasteiger partial charge in [0.15, 0.2) is 0 Å². The van der Waals surface area contributed by atoms with Gasteiger partial charge in [-0.05, 0) is 82.6 Å². The molecule has 8 N–H and O–H groups in total. The summed E-state index contributed by atoms with van der Waals surface area (Å²) in [5.41, 5.74) is 0. The molecule has 0 aliphatic rings. The van der Waals surface area contributed by atoms with Crippen molar-refractivity contribution in [1.82, 2.24) is 35.1 Å². The highest BCUT2D eigenvalue weighted by Gasteiger charge is 2.25. The third-order valence-corrected chi connectivity index (χ3v) is 15.3. The highest BCUT2D eigenvalue weighted by molar-refractivity contribution is 4.72. The van der Waals surface area contributed by atoms with Gasteiger partial charge in [0.25, 0.3) is 0 Å². The van der Waals surface area contributed by atoms with Crippen LogP contribution in [0.1, 0.15) is 53.4 Å². The second-order valence-electron chi connectivity index (χ2n) is 26.1. The number of aliphatic hydroxyl groups excluding tert-OH is 6. The monoisotopic (exact) mass is 1310 g/mol. The smallest absolute Gasteiger partial charge is 0.104 e. The molecule has 26 heteroatoms. The summed E-state index contributed by atoms with van der Waals surface area (Å²) in [4.78, 5) is 11.2. The Morgan fingerprint density at radius 1 is 0.422 bits per heavy atom. The van der Waals surface area contributed by atoms with Gasteiger partial charge in [0.2, 0.25) is 0 Å². The van der Waals surface area contributed by atoms with Gasteiger partial charge >= 0.3 is 0 Å². The summed E-state index contributed by atoms with van der Waals surface area (Å²) in [5, 5.41) is 69.5. The van der Waals surface area contributed by atoms with Gasteiger partial charge in [0, 0.05) is 130 Å². The van der Waals surface area contributed by atoms with Crippen LogP contribution in [0.5, 0.6) is 0 Å². The highest BCUT2D eigenvalue weighted by atomic mass is 16.6. The molecule has 0 aromatic rings. The van der Waals surface area contributed by atoms with E-state index in [0.29, 0.717) is 78.4 Å². The van der Waals surface area contributed by atoms with Crippen LogP contribution in [0.3, 0.4) is 0 Å². The van der Waals surface area contributed by atoms with Crippen LogP contribution in [0.15, 0.2) is 0 Å². The Morgan fingerprint density at radius 3 is 1.46 bits per heavy atom. The molecule has 0 saturated carbocycles. The molecule has 0 aromatic carbocycles. The molecule has 0 rings (SSSR count). The molecule has 542 valence electrons. The number of nitrogens with one attached hydrogen (secondary N) is 2. The Morgan fingerprint density at radius 2 is 0.911 bits per heavy atom. The first-order valence-corrected chi connectivity index (χ1v) is 33.4. The Kier molecular flexibility index (Phi) is 57.5. The molecule has 0 spiro atoms. The number of quaternary nitrogens is 1. The number of aliphatic hydroxyl groups is 6. The van der Waals surface area contributed by atoms with Crippen molar-refractivity contribution in [1.29, 1.82) is 0 Å². The first-order valence-electron chi connectivity index (χ1n) is 33.4. The maximum Gasteiger partial charge on any atom is 0.104 e. The van der Waals surface area contributed by atoms with Gasteiger partial charge in [0.05, 0.1) is 169 Å². The molecule has 0 heterocycles. The minimum Gasteiger partial charge on any atom is -0.396 e. The first-order chi connectivity index (χ1) is 43.0. The molecule has 12 atom stereocenters. The number of methoxy groups -OCH3 is 2. The molecule has 0 fully saturated rings. The number of likely N-dealkylation sites (N-methyl/N-ethyl adjacent to an activating group) is 5. The Bertz CT molecular complexity index is 1530. The number of ether oxygens (including phenoxy) is 12. The van der Waals surface area contributed by atoms with Crippen LogP contribution >= 0.6 is 0 Å². The van der Waals surface area contributed by atoms with Crippen LogP contribution in [0.2, 0.25) is 0 Å². The lowest BCUT2D eigenvalue weighted by molar-refractivity contribution is -0.907. The number of nitrogens with zero attached hydrogens (tertiary/aromatic N) is 6. The molecule has 0 aliphatic carbocycles. The average molecular weight is 1310 g/mol. The molecule has 0 radical (unpaired) electrons. The molecule has 0 aromatic heterocycles. The van der Waals surface area contributed by atoms with Crippen LogP contribution in [0.4, 0.5) is 0 Å². The summed E-state index contributed by atoms with van der Waals surface area (Å²) >= 11 is 0. The molecule has 0 saturated heterocycles. The van der Waals surface area contributed by atoms with Gasteiger partial charge in [-0.15, -0.1) is 0 Å². The van der Waals surface area contributed by atoms with Gasteiger partial charge in [-0.25, -0.2) is 0 Å². The van der Waals surface area contributed by atoms with Crippen LogP contribution in [-0.4, -0.2) is 409 Å². The van der Waals surface area contributed by atoms with Crippen LogP contribution in [0, 0.1) is 17.8 Å². The van der Waals surface area contributed by atoms with Crippen LogP contribution in [0.25, 0.3) is 0 Å². The van der Waals surface area contributed by atoms with E-state index in [2.05, 4.69) is 98.6 Å². The van der Waals surface area contributed by atoms with E-state index in [1.807, 2.05) is 27.7 Å². The predicted molar refractivity (Wildman–Crippen MR) is 354 cm³/mol. The maximum atomic E-state index is 11.5. The standard InChI is InChI=1S/C64H139N8O18/c1-16-57(76)44-81-40-54(3)41-88-61(33-58(77)34-66-20-28-72(13,29-26-69(9)10)30-27-70(11)12)46-84-50-63(48-83-43-56(37-74)42-79-14)90-52-64(87-32-18-60(38-75)86-31-17-55(4)80-15)51-85-49-62(47-82-39-53(2)36-73)89-45-59(78)35-65-19-21-71(24-22-67(5)6)25-23-68(7)8/h53-66,73-78H,16-52H2,1-15H3/q+1. The second kappa shape index (κ2) is 58.1. The Labute approximate surface area is 546 Å². The summed E-state index contributed by atoms with van der Waals surface area (Å²) in [6, 6.07) is 0. The average Bonchev–Trinajstić information content (AvgIpc) is 3.72. The van der Waals surface area contributed by atoms with E-state index < -0.39 is 48.8 Å². The van der Waals surface area contributed by atoms with Crippen molar-refractivity contribution >= 4 is 0 Å². The van der Waals surface area contributed by atoms with Gasteiger partial charge in [-0.1, -0.05) is 20.8 Å². The molecular weight excluding hydrogens is 1170 g/mol. The second-order valence-corrected chi connectivity index (χ2v) is 26.1. The van der Waals surface area contributed by atoms with Gasteiger partial charge < -0.3 is 122 Å². The molecule has 26 nitrogen and oxygen atoms in total. The minimum atomic E-state index is -0.792. The maximum absolute atomic E-state index is 11.5. The van der Waals surface area contributed by atoms with E-state index in [4.69, 9.17) is 56.8 Å². The third kappa shape index (κ3) is 53.1. The molecule has 90 heavy (non-hydrogen) atoms. The lowest BCUT2D eigenvalue weighted by atomic mass is 10.1. The van der Waals surface area contributed by atoms with Crippen molar-refractivity contribution in [2.75, 3.05) is 295 Å². The van der Waals surface area contributed by atoms with Crippen LogP contribution in [-0.2, 0) is 56.8 Å². The normalized spacial score (nSPS) is 16.7. The molecule has 12 unspecified atom stereocenters. The number of hydrogen-bond acceptors (Lipinski definition) is 25. The zero-order chi connectivity index (χ0) is 67.4. The van der Waals surface area contributed by atoms with Crippen LogP contribution < -0.4 is 10.6 Å². The van der Waals surface area contributed by atoms with Crippen molar-refractivity contribution in [2.24, 2.45) is 17.8 Å². The van der Waals surface area contributed by atoms with Crippen molar-refractivity contribution in [3.05, 3.63) is 0 Å². The fourth-order valence-corrected chi connectivity index (χ4v) is 8.77. The molecular formula is C64H139N8O18+. The Balaban J connectivity index is 6.49. The lowest BCUT2D eigenvalue weighted by Gasteiger charge is -2.36.